The molecule has 0 aromatic heterocycles. The van der Waals surface area contributed by atoms with E-state index in [9.17, 15) is 0 Å². The summed E-state index contributed by atoms with van der Waals surface area (Å²) in [5, 5.41) is 3.40. The predicted octanol–water partition coefficient (Wildman–Crippen LogP) is 2.68. The highest BCUT2D eigenvalue weighted by Gasteiger charge is 1.95. The second-order valence-corrected chi connectivity index (χ2v) is 4.75. The standard InChI is InChI=1S/C12H27NO/c1-11(2)6-9-14-8-5-7-13-10-12(3)4/h11-13H,5-10H2,1-4H3. The van der Waals surface area contributed by atoms with Crippen molar-refractivity contribution in [3.8, 4) is 0 Å². The smallest absolute Gasteiger partial charge is 0.0478 e. The van der Waals surface area contributed by atoms with Crippen molar-refractivity contribution in [1.82, 2.24) is 5.32 Å². The summed E-state index contributed by atoms with van der Waals surface area (Å²) < 4.78 is 5.51. The average molecular weight is 201 g/mol. The fraction of sp³-hybridized carbons (Fsp3) is 1.00. The van der Waals surface area contributed by atoms with E-state index in [0.717, 1.165) is 44.6 Å². The maximum absolute atomic E-state index is 5.51. The summed E-state index contributed by atoms with van der Waals surface area (Å²) in [5.74, 6) is 1.51. The van der Waals surface area contributed by atoms with Gasteiger partial charge in [-0.1, -0.05) is 27.7 Å². The number of hydrogen-bond acceptors (Lipinski definition) is 2. The number of rotatable bonds is 9. The molecule has 0 amide bonds. The van der Waals surface area contributed by atoms with Crippen LogP contribution in [0.15, 0.2) is 0 Å². The Morgan fingerprint density at radius 3 is 2.29 bits per heavy atom. The summed E-state index contributed by atoms with van der Waals surface area (Å²) in [4.78, 5) is 0. The summed E-state index contributed by atoms with van der Waals surface area (Å²) in [6.07, 6.45) is 2.31. The van der Waals surface area contributed by atoms with Gasteiger partial charge >= 0.3 is 0 Å². The summed E-state index contributed by atoms with van der Waals surface area (Å²) in [6.45, 7) is 12.9. The third kappa shape index (κ3) is 11.9. The Morgan fingerprint density at radius 1 is 1.00 bits per heavy atom. The zero-order valence-corrected chi connectivity index (χ0v) is 10.3. The Morgan fingerprint density at radius 2 is 1.71 bits per heavy atom. The second kappa shape index (κ2) is 9.47. The molecule has 0 radical (unpaired) electrons. The van der Waals surface area contributed by atoms with Crippen LogP contribution in [0.3, 0.4) is 0 Å². The topological polar surface area (TPSA) is 21.3 Å². The second-order valence-electron chi connectivity index (χ2n) is 4.75. The molecule has 0 saturated heterocycles. The molecule has 0 aromatic carbocycles. The molecule has 0 saturated carbocycles. The largest absolute Gasteiger partial charge is 0.381 e. The minimum Gasteiger partial charge on any atom is -0.381 e. The summed E-state index contributed by atoms with van der Waals surface area (Å²) in [5.41, 5.74) is 0. The first kappa shape index (κ1) is 13.9. The molecular weight excluding hydrogens is 174 g/mol. The Kier molecular flexibility index (Phi) is 9.42. The molecule has 2 heteroatoms. The van der Waals surface area contributed by atoms with Crippen molar-refractivity contribution in [2.45, 2.75) is 40.5 Å². The first-order valence-corrected chi connectivity index (χ1v) is 5.91. The van der Waals surface area contributed by atoms with Crippen molar-refractivity contribution in [2.75, 3.05) is 26.3 Å². The zero-order valence-electron chi connectivity index (χ0n) is 10.3. The quantitative estimate of drug-likeness (QED) is 0.579. The van der Waals surface area contributed by atoms with E-state index >= 15 is 0 Å². The molecule has 0 unspecified atom stereocenters. The molecular formula is C12H27NO. The molecule has 0 fully saturated rings. The Balaban J connectivity index is 2.92. The van der Waals surface area contributed by atoms with Crippen molar-refractivity contribution in [3.63, 3.8) is 0 Å². The first-order valence-electron chi connectivity index (χ1n) is 5.91. The van der Waals surface area contributed by atoms with Gasteiger partial charge in [0.2, 0.25) is 0 Å². The van der Waals surface area contributed by atoms with E-state index < -0.39 is 0 Å². The molecule has 0 rings (SSSR count). The van der Waals surface area contributed by atoms with Crippen LogP contribution in [-0.2, 0) is 4.74 Å². The zero-order chi connectivity index (χ0) is 10.8. The van der Waals surface area contributed by atoms with Gasteiger partial charge in [-0.2, -0.15) is 0 Å². The molecule has 0 bridgehead atoms. The minimum absolute atomic E-state index is 0.747. The van der Waals surface area contributed by atoms with Crippen molar-refractivity contribution in [3.05, 3.63) is 0 Å². The fourth-order valence-electron chi connectivity index (χ4n) is 1.11. The maximum Gasteiger partial charge on any atom is 0.0478 e. The van der Waals surface area contributed by atoms with Crippen LogP contribution in [0.1, 0.15) is 40.5 Å². The third-order valence-electron chi connectivity index (χ3n) is 2.03. The SMILES string of the molecule is CC(C)CCOCCCNCC(C)C. The van der Waals surface area contributed by atoms with Gasteiger partial charge in [0.25, 0.3) is 0 Å². The highest BCUT2D eigenvalue weighted by Crippen LogP contribution is 1.98. The number of hydrogen-bond donors (Lipinski definition) is 1. The lowest BCUT2D eigenvalue weighted by Gasteiger charge is -2.08. The maximum atomic E-state index is 5.51. The van der Waals surface area contributed by atoms with Crippen LogP contribution < -0.4 is 5.32 Å². The van der Waals surface area contributed by atoms with Gasteiger partial charge in [-0.15, -0.1) is 0 Å². The number of nitrogens with one attached hydrogen (secondary N) is 1. The lowest BCUT2D eigenvalue weighted by Crippen LogP contribution is -2.21. The van der Waals surface area contributed by atoms with E-state index in [4.69, 9.17) is 4.74 Å². The van der Waals surface area contributed by atoms with Crippen LogP contribution in [0.4, 0.5) is 0 Å². The molecule has 0 atom stereocenters. The lowest BCUT2D eigenvalue weighted by molar-refractivity contribution is 0.121. The van der Waals surface area contributed by atoms with Crippen molar-refractivity contribution < 1.29 is 4.74 Å². The normalized spacial score (nSPS) is 11.6. The van der Waals surface area contributed by atoms with Gasteiger partial charge in [0.1, 0.15) is 0 Å². The van der Waals surface area contributed by atoms with E-state index in [2.05, 4.69) is 33.0 Å². The van der Waals surface area contributed by atoms with Gasteiger partial charge in [0.15, 0.2) is 0 Å². The Hall–Kier alpha value is -0.0800. The minimum atomic E-state index is 0.747. The van der Waals surface area contributed by atoms with Crippen molar-refractivity contribution >= 4 is 0 Å². The van der Waals surface area contributed by atoms with Crippen LogP contribution in [0.5, 0.6) is 0 Å². The molecule has 86 valence electrons. The summed E-state index contributed by atoms with van der Waals surface area (Å²) in [6, 6.07) is 0. The highest BCUT2D eigenvalue weighted by molar-refractivity contribution is 4.51. The highest BCUT2D eigenvalue weighted by atomic mass is 16.5. The van der Waals surface area contributed by atoms with Crippen LogP contribution in [0.2, 0.25) is 0 Å². The molecule has 1 N–H and O–H groups in total. The molecule has 0 heterocycles. The van der Waals surface area contributed by atoms with Crippen molar-refractivity contribution in [1.29, 1.82) is 0 Å². The predicted molar refractivity (Wildman–Crippen MR) is 62.6 cm³/mol. The fourth-order valence-corrected chi connectivity index (χ4v) is 1.11. The molecule has 0 aliphatic carbocycles. The lowest BCUT2D eigenvalue weighted by atomic mass is 10.1. The average Bonchev–Trinajstić information content (AvgIpc) is 2.08. The van der Waals surface area contributed by atoms with Gasteiger partial charge in [-0.3, -0.25) is 0 Å². The van der Waals surface area contributed by atoms with E-state index in [-0.39, 0.29) is 0 Å². The van der Waals surface area contributed by atoms with Gasteiger partial charge in [0.05, 0.1) is 0 Å². The molecule has 0 aliphatic heterocycles. The van der Waals surface area contributed by atoms with Crippen molar-refractivity contribution in [2.24, 2.45) is 11.8 Å². The van der Waals surface area contributed by atoms with Crippen LogP contribution in [0.25, 0.3) is 0 Å². The first-order chi connectivity index (χ1) is 6.63. The monoisotopic (exact) mass is 201 g/mol. The molecule has 14 heavy (non-hydrogen) atoms. The van der Waals surface area contributed by atoms with Gasteiger partial charge < -0.3 is 10.1 Å². The van der Waals surface area contributed by atoms with E-state index in [0.29, 0.717) is 0 Å². The molecule has 0 aliphatic rings. The van der Waals surface area contributed by atoms with Gasteiger partial charge in [0, 0.05) is 13.2 Å². The van der Waals surface area contributed by atoms with Crippen LogP contribution in [-0.4, -0.2) is 26.3 Å². The third-order valence-corrected chi connectivity index (χ3v) is 2.03. The Bertz CT molecular complexity index is 98.9. The molecule has 0 aromatic rings. The molecule has 0 spiro atoms. The van der Waals surface area contributed by atoms with E-state index in [1.165, 1.54) is 6.42 Å². The van der Waals surface area contributed by atoms with Gasteiger partial charge in [-0.25, -0.2) is 0 Å². The van der Waals surface area contributed by atoms with E-state index in [1.807, 2.05) is 0 Å². The van der Waals surface area contributed by atoms with E-state index in [1.54, 1.807) is 0 Å². The summed E-state index contributed by atoms with van der Waals surface area (Å²) in [7, 11) is 0. The molecule has 2 nitrogen and oxygen atoms in total. The van der Waals surface area contributed by atoms with Crippen LogP contribution >= 0.6 is 0 Å². The number of ether oxygens (including phenoxy) is 1. The Labute approximate surface area is 89.4 Å². The summed E-state index contributed by atoms with van der Waals surface area (Å²) >= 11 is 0. The van der Waals surface area contributed by atoms with Gasteiger partial charge in [-0.05, 0) is 37.8 Å². The van der Waals surface area contributed by atoms with Crippen LogP contribution in [0, 0.1) is 11.8 Å².